The summed E-state index contributed by atoms with van der Waals surface area (Å²) in [5, 5.41) is 0. The lowest BCUT2D eigenvalue weighted by Crippen LogP contribution is -2.31. The van der Waals surface area contributed by atoms with Gasteiger partial charge in [-0.05, 0) is 18.2 Å². The van der Waals surface area contributed by atoms with Gasteiger partial charge in [-0.15, -0.1) is 0 Å². The van der Waals surface area contributed by atoms with E-state index in [4.69, 9.17) is 0 Å². The summed E-state index contributed by atoms with van der Waals surface area (Å²) in [5.41, 5.74) is -1.62. The monoisotopic (exact) mass is 341 g/mol. The van der Waals surface area contributed by atoms with Gasteiger partial charge < -0.3 is 4.90 Å². The lowest BCUT2D eigenvalue weighted by atomic mass is 10.1. The van der Waals surface area contributed by atoms with E-state index in [0.29, 0.717) is 18.7 Å². The Morgan fingerprint density at radius 1 is 1.42 bits per heavy atom. The number of hydrogen-bond acceptors (Lipinski definition) is 1. The Kier molecular flexibility index (Phi) is 4.95. The van der Waals surface area contributed by atoms with Crippen molar-refractivity contribution in [2.75, 3.05) is 13.6 Å². The highest BCUT2D eigenvalue weighted by Crippen LogP contribution is 2.32. The Bertz CT molecular complexity index is 473. The van der Waals surface area contributed by atoms with Crippen molar-refractivity contribution in [3.63, 3.8) is 0 Å². The Labute approximate surface area is 116 Å². The summed E-state index contributed by atoms with van der Waals surface area (Å²) in [6.07, 6.45) is -4.82. The normalized spacial score (nSPS) is 13.2. The molecular weight excluding hydrogens is 330 g/mol. The maximum Gasteiger partial charge on any atom is 0.419 e. The number of benzene rings is 1. The third kappa shape index (κ3) is 4.19. The van der Waals surface area contributed by atoms with E-state index in [1.807, 2.05) is 0 Å². The van der Waals surface area contributed by atoms with Crippen molar-refractivity contribution in [2.45, 2.75) is 17.9 Å². The molecule has 0 heterocycles. The molecule has 0 aliphatic heterocycles. The number of alkyl halides is 4. The van der Waals surface area contributed by atoms with Crippen molar-refractivity contribution >= 4 is 21.8 Å². The van der Waals surface area contributed by atoms with Gasteiger partial charge in [0.05, 0.1) is 5.56 Å². The summed E-state index contributed by atoms with van der Waals surface area (Å²) in [6.45, 7) is 2.13. The van der Waals surface area contributed by atoms with E-state index < -0.39 is 23.5 Å². The fraction of sp³-hybridized carbons (Fsp3) is 0.417. The molecule has 1 aromatic carbocycles. The smallest absolute Gasteiger partial charge is 0.341 e. The summed E-state index contributed by atoms with van der Waals surface area (Å²) in [4.78, 5) is 13.2. The second kappa shape index (κ2) is 5.90. The minimum Gasteiger partial charge on any atom is -0.341 e. The van der Waals surface area contributed by atoms with E-state index in [2.05, 4.69) is 15.9 Å². The predicted octanol–water partition coefficient (Wildman–Crippen LogP) is 3.70. The molecule has 0 saturated carbocycles. The largest absolute Gasteiger partial charge is 0.419 e. The summed E-state index contributed by atoms with van der Waals surface area (Å²) in [5.74, 6) is -1.97. The number of carbonyl (C=O) groups excluding carboxylic acids is 1. The van der Waals surface area contributed by atoms with Gasteiger partial charge in [-0.25, -0.2) is 4.39 Å². The molecule has 1 atom stereocenters. The fourth-order valence-electron chi connectivity index (χ4n) is 1.56. The maximum atomic E-state index is 13.1. The Morgan fingerprint density at radius 2 is 2.00 bits per heavy atom. The van der Waals surface area contributed by atoms with Crippen LogP contribution in [0, 0.1) is 5.82 Å². The molecule has 7 heteroatoms. The molecular formula is C12H12BrF4NO. The van der Waals surface area contributed by atoms with E-state index in [1.54, 1.807) is 6.92 Å². The molecule has 1 aromatic rings. The first-order valence-electron chi connectivity index (χ1n) is 5.39. The van der Waals surface area contributed by atoms with Gasteiger partial charge in [0.25, 0.3) is 5.91 Å². The second-order valence-corrected chi connectivity index (χ2v) is 5.72. The van der Waals surface area contributed by atoms with Crippen LogP contribution in [0.5, 0.6) is 0 Å². The van der Waals surface area contributed by atoms with Gasteiger partial charge in [-0.3, -0.25) is 4.79 Å². The number of hydrogen-bond donors (Lipinski definition) is 0. The van der Waals surface area contributed by atoms with Crippen LogP contribution in [-0.2, 0) is 6.18 Å². The number of carbonyl (C=O) groups is 1. The average Bonchev–Trinajstić information content (AvgIpc) is 2.26. The van der Waals surface area contributed by atoms with Crippen LogP contribution < -0.4 is 0 Å². The molecule has 0 fully saturated rings. The summed E-state index contributed by atoms with van der Waals surface area (Å²) < 4.78 is 50.7. The highest BCUT2D eigenvalue weighted by molar-refractivity contribution is 9.09. The third-order valence-electron chi connectivity index (χ3n) is 2.39. The van der Waals surface area contributed by atoms with Crippen LogP contribution in [0.15, 0.2) is 18.2 Å². The summed E-state index contributed by atoms with van der Waals surface area (Å²) in [7, 11) is 1.47. The molecule has 0 aromatic heterocycles. The predicted molar refractivity (Wildman–Crippen MR) is 66.8 cm³/mol. The fourth-order valence-corrected chi connectivity index (χ4v) is 1.99. The SMILES string of the molecule is CC(Br)CN(C)C(=O)c1ccc(F)c(C(F)(F)F)c1. The first kappa shape index (κ1) is 15.9. The molecule has 19 heavy (non-hydrogen) atoms. The minimum absolute atomic E-state index is 0.00369. The summed E-state index contributed by atoms with van der Waals surface area (Å²) in [6, 6.07) is 2.23. The lowest BCUT2D eigenvalue weighted by molar-refractivity contribution is -0.140. The van der Waals surface area contributed by atoms with Crippen LogP contribution in [0.25, 0.3) is 0 Å². The zero-order valence-electron chi connectivity index (χ0n) is 10.3. The van der Waals surface area contributed by atoms with E-state index in [9.17, 15) is 22.4 Å². The molecule has 0 radical (unpaired) electrons. The van der Waals surface area contributed by atoms with E-state index in [-0.39, 0.29) is 10.4 Å². The number of halogens is 5. The molecule has 1 amide bonds. The molecule has 0 spiro atoms. The van der Waals surface area contributed by atoms with Crippen molar-refractivity contribution < 1.29 is 22.4 Å². The lowest BCUT2D eigenvalue weighted by Gasteiger charge is -2.19. The van der Waals surface area contributed by atoms with E-state index >= 15 is 0 Å². The van der Waals surface area contributed by atoms with Crippen LogP contribution in [0.1, 0.15) is 22.8 Å². The second-order valence-electron chi connectivity index (χ2n) is 4.16. The van der Waals surface area contributed by atoms with Crippen LogP contribution in [0.3, 0.4) is 0 Å². The zero-order valence-corrected chi connectivity index (χ0v) is 11.8. The highest BCUT2D eigenvalue weighted by Gasteiger charge is 2.34. The third-order valence-corrected chi connectivity index (χ3v) is 2.68. The molecule has 0 aliphatic carbocycles. The summed E-state index contributed by atoms with van der Waals surface area (Å²) >= 11 is 3.24. The molecule has 106 valence electrons. The molecule has 1 unspecified atom stereocenters. The van der Waals surface area contributed by atoms with Crippen molar-refractivity contribution in [1.29, 1.82) is 0 Å². The average molecular weight is 342 g/mol. The van der Waals surface area contributed by atoms with Gasteiger partial charge in [0.1, 0.15) is 5.82 Å². The standard InChI is InChI=1S/C12H12BrF4NO/c1-7(13)6-18(2)11(19)8-3-4-10(14)9(5-8)12(15,16)17/h3-5,7H,6H2,1-2H3. The van der Waals surface area contributed by atoms with Crippen LogP contribution in [0.2, 0.25) is 0 Å². The molecule has 0 aliphatic rings. The van der Waals surface area contributed by atoms with Crippen LogP contribution in [0.4, 0.5) is 17.6 Å². The molecule has 0 saturated heterocycles. The van der Waals surface area contributed by atoms with Gasteiger partial charge in [-0.1, -0.05) is 22.9 Å². The molecule has 0 bridgehead atoms. The van der Waals surface area contributed by atoms with Gasteiger partial charge in [0, 0.05) is 24.0 Å². The molecule has 0 N–H and O–H groups in total. The first-order chi connectivity index (χ1) is 8.62. The zero-order chi connectivity index (χ0) is 14.8. The molecule has 1 rings (SSSR count). The van der Waals surface area contributed by atoms with Crippen molar-refractivity contribution in [3.05, 3.63) is 35.1 Å². The Hall–Kier alpha value is -1.11. The number of amides is 1. The topological polar surface area (TPSA) is 20.3 Å². The van der Waals surface area contributed by atoms with Gasteiger partial charge in [0.2, 0.25) is 0 Å². The van der Waals surface area contributed by atoms with Crippen LogP contribution >= 0.6 is 15.9 Å². The van der Waals surface area contributed by atoms with Crippen LogP contribution in [-0.4, -0.2) is 29.2 Å². The number of nitrogens with zero attached hydrogens (tertiary/aromatic N) is 1. The van der Waals surface area contributed by atoms with E-state index in [1.165, 1.54) is 11.9 Å². The van der Waals surface area contributed by atoms with Gasteiger partial charge in [-0.2, -0.15) is 13.2 Å². The Balaban J connectivity index is 3.06. The highest BCUT2D eigenvalue weighted by atomic mass is 79.9. The Morgan fingerprint density at radius 3 is 2.47 bits per heavy atom. The minimum atomic E-state index is -4.82. The number of rotatable bonds is 3. The van der Waals surface area contributed by atoms with Gasteiger partial charge >= 0.3 is 6.18 Å². The van der Waals surface area contributed by atoms with Crippen molar-refractivity contribution in [2.24, 2.45) is 0 Å². The van der Waals surface area contributed by atoms with E-state index in [0.717, 1.165) is 6.07 Å². The molecule has 2 nitrogen and oxygen atoms in total. The maximum absolute atomic E-state index is 13.1. The van der Waals surface area contributed by atoms with Gasteiger partial charge in [0.15, 0.2) is 0 Å². The van der Waals surface area contributed by atoms with Crippen molar-refractivity contribution in [1.82, 2.24) is 4.90 Å². The quantitative estimate of drug-likeness (QED) is 0.606. The first-order valence-corrected chi connectivity index (χ1v) is 6.30. The van der Waals surface area contributed by atoms with Crippen molar-refractivity contribution in [3.8, 4) is 0 Å².